The number of amides is 1. The van der Waals surface area contributed by atoms with E-state index in [0.29, 0.717) is 22.8 Å². The SMILES string of the molecule is Cc1cc([C@@H](C)Nc2ccc(Cl)nc2C(=O)NS(C)(=O)=O)c2nc(N3CCC(c4cc(C)[nH]n4)CC3)n(C)c(=O)c2c1. The van der Waals surface area contributed by atoms with Gasteiger partial charge in [0.2, 0.25) is 16.0 Å². The molecule has 4 aromatic rings. The number of carbonyl (C=O) groups excluding carboxylic acids is 1. The second-order valence-corrected chi connectivity index (χ2v) is 13.0. The minimum absolute atomic E-state index is 0.0360. The van der Waals surface area contributed by atoms with Crippen molar-refractivity contribution in [2.75, 3.05) is 29.6 Å². The van der Waals surface area contributed by atoms with Gasteiger partial charge < -0.3 is 10.2 Å². The molecule has 12 nitrogen and oxygen atoms in total. The number of nitrogens with one attached hydrogen (secondary N) is 3. The quantitative estimate of drug-likeness (QED) is 0.266. The van der Waals surface area contributed by atoms with Gasteiger partial charge in [-0.05, 0) is 63.4 Å². The van der Waals surface area contributed by atoms with Crippen LogP contribution in [0.2, 0.25) is 5.15 Å². The van der Waals surface area contributed by atoms with Crippen LogP contribution in [0.15, 0.2) is 35.1 Å². The van der Waals surface area contributed by atoms with E-state index in [1.165, 1.54) is 6.07 Å². The third-order valence-electron chi connectivity index (χ3n) is 7.45. The van der Waals surface area contributed by atoms with Gasteiger partial charge in [-0.2, -0.15) is 5.10 Å². The highest BCUT2D eigenvalue weighted by Crippen LogP contribution is 2.32. The number of hydrogen-bond acceptors (Lipinski definition) is 9. The van der Waals surface area contributed by atoms with Crippen molar-refractivity contribution >= 4 is 50.1 Å². The topological polar surface area (TPSA) is 155 Å². The second kappa shape index (κ2) is 11.4. The molecule has 0 unspecified atom stereocenters. The van der Waals surface area contributed by atoms with Gasteiger partial charge in [-0.1, -0.05) is 17.7 Å². The van der Waals surface area contributed by atoms with E-state index in [-0.39, 0.29) is 22.1 Å². The van der Waals surface area contributed by atoms with E-state index in [9.17, 15) is 18.0 Å². The molecule has 14 heteroatoms. The monoisotopic (exact) mass is 612 g/mol. The molecule has 1 atom stereocenters. The predicted molar refractivity (Wildman–Crippen MR) is 163 cm³/mol. The number of carbonyl (C=O) groups is 1. The Labute approximate surface area is 248 Å². The summed E-state index contributed by atoms with van der Waals surface area (Å²) in [5, 5.41) is 11.2. The van der Waals surface area contributed by atoms with Crippen molar-refractivity contribution in [3.05, 3.63) is 74.0 Å². The first-order chi connectivity index (χ1) is 19.8. The number of nitrogens with zero attached hydrogens (tertiary/aromatic N) is 5. The van der Waals surface area contributed by atoms with Crippen LogP contribution in [0.1, 0.15) is 64.7 Å². The van der Waals surface area contributed by atoms with E-state index in [0.717, 1.165) is 54.7 Å². The number of anilines is 2. The number of rotatable bonds is 7. The summed E-state index contributed by atoms with van der Waals surface area (Å²) in [6.45, 7) is 7.22. The van der Waals surface area contributed by atoms with Gasteiger partial charge in [0, 0.05) is 37.3 Å². The first-order valence-electron chi connectivity index (χ1n) is 13.5. The Morgan fingerprint density at radius 1 is 1.14 bits per heavy atom. The van der Waals surface area contributed by atoms with Crippen LogP contribution >= 0.6 is 11.6 Å². The van der Waals surface area contributed by atoms with Crippen LogP contribution < -0.4 is 20.5 Å². The second-order valence-electron chi connectivity index (χ2n) is 10.9. The number of piperidine rings is 1. The zero-order valence-electron chi connectivity index (χ0n) is 24.0. The number of hydrogen-bond donors (Lipinski definition) is 3. The first-order valence-corrected chi connectivity index (χ1v) is 15.8. The Morgan fingerprint density at radius 2 is 1.86 bits per heavy atom. The van der Waals surface area contributed by atoms with E-state index in [2.05, 4.69) is 31.5 Å². The van der Waals surface area contributed by atoms with Crippen molar-refractivity contribution in [1.82, 2.24) is 29.5 Å². The maximum Gasteiger partial charge on any atom is 0.285 e. The standard InChI is InChI=1S/C28H33ClN8O4S/c1-15-12-19(17(3)30-21-6-7-23(29)31-25(21)26(38)35-42(5,40)41)24-20(13-15)27(39)36(4)28(32-24)37-10-8-18(9-11-37)22-14-16(2)33-34-22/h6-7,12-14,17-18,30H,8-11H2,1-5H3,(H,33,34)(H,35,38)/t17-/m1/s1. The van der Waals surface area contributed by atoms with Gasteiger partial charge >= 0.3 is 0 Å². The summed E-state index contributed by atoms with van der Waals surface area (Å²) in [5.74, 6) is 0.0162. The number of sulfonamides is 1. The molecule has 1 aliphatic heterocycles. The Morgan fingerprint density at radius 3 is 2.50 bits per heavy atom. The Kier molecular flexibility index (Phi) is 7.99. The van der Waals surface area contributed by atoms with Crippen molar-refractivity contribution in [2.24, 2.45) is 7.05 Å². The molecular weight excluding hydrogens is 580 g/mol. The van der Waals surface area contributed by atoms with E-state index in [1.54, 1.807) is 17.7 Å². The highest BCUT2D eigenvalue weighted by molar-refractivity contribution is 7.89. The summed E-state index contributed by atoms with van der Waals surface area (Å²) in [6, 6.07) is 8.47. The number of aromatic nitrogens is 5. The summed E-state index contributed by atoms with van der Waals surface area (Å²) < 4.78 is 26.9. The van der Waals surface area contributed by atoms with E-state index >= 15 is 0 Å². The van der Waals surface area contributed by atoms with Gasteiger partial charge in [-0.3, -0.25) is 19.3 Å². The molecule has 222 valence electrons. The molecule has 42 heavy (non-hydrogen) atoms. The van der Waals surface area contributed by atoms with Gasteiger partial charge in [-0.25, -0.2) is 23.1 Å². The number of benzene rings is 1. The summed E-state index contributed by atoms with van der Waals surface area (Å²) >= 11 is 6.03. The lowest BCUT2D eigenvalue weighted by atomic mass is 9.93. The van der Waals surface area contributed by atoms with Crippen molar-refractivity contribution in [3.63, 3.8) is 0 Å². The van der Waals surface area contributed by atoms with Gasteiger partial charge in [0.1, 0.15) is 5.15 Å². The zero-order valence-corrected chi connectivity index (χ0v) is 25.6. The molecule has 1 amide bonds. The largest absolute Gasteiger partial charge is 0.377 e. The molecule has 1 fully saturated rings. The van der Waals surface area contributed by atoms with Crippen LogP contribution in [0.3, 0.4) is 0 Å². The Hall–Kier alpha value is -3.97. The van der Waals surface area contributed by atoms with Gasteiger partial charge in [-0.15, -0.1) is 0 Å². The molecule has 3 N–H and O–H groups in total. The summed E-state index contributed by atoms with van der Waals surface area (Å²) in [4.78, 5) is 37.5. The van der Waals surface area contributed by atoms with Gasteiger partial charge in [0.25, 0.3) is 11.5 Å². The van der Waals surface area contributed by atoms with Gasteiger partial charge in [0.15, 0.2) is 5.69 Å². The molecule has 0 spiro atoms. The molecule has 5 rings (SSSR count). The number of aromatic amines is 1. The Bertz CT molecular complexity index is 1840. The normalized spacial score (nSPS) is 15.1. The highest BCUT2D eigenvalue weighted by Gasteiger charge is 2.26. The van der Waals surface area contributed by atoms with Crippen LogP contribution in [0.5, 0.6) is 0 Å². The molecule has 1 saturated heterocycles. The summed E-state index contributed by atoms with van der Waals surface area (Å²) in [5.41, 5.74) is 4.22. The molecule has 1 aliphatic rings. The third kappa shape index (κ3) is 6.12. The highest BCUT2D eigenvalue weighted by atomic mass is 35.5. The minimum Gasteiger partial charge on any atom is -0.377 e. The summed E-state index contributed by atoms with van der Waals surface area (Å²) in [6.07, 6.45) is 2.66. The lowest BCUT2D eigenvalue weighted by Crippen LogP contribution is -2.37. The average Bonchev–Trinajstić information content (AvgIpc) is 3.37. The number of aryl methyl sites for hydroxylation is 2. The molecule has 3 aromatic heterocycles. The van der Waals surface area contributed by atoms with Crippen LogP contribution in [-0.4, -0.2) is 58.4 Å². The lowest BCUT2D eigenvalue weighted by Gasteiger charge is -2.33. The smallest absolute Gasteiger partial charge is 0.285 e. The first kappa shape index (κ1) is 29.5. The van der Waals surface area contributed by atoms with Crippen molar-refractivity contribution in [3.8, 4) is 0 Å². The maximum absolute atomic E-state index is 13.6. The fraction of sp³-hybridized carbons (Fsp3) is 0.393. The summed E-state index contributed by atoms with van der Waals surface area (Å²) in [7, 11) is -2.09. The van der Waals surface area contributed by atoms with E-state index < -0.39 is 22.0 Å². The molecule has 0 aliphatic carbocycles. The van der Waals surface area contributed by atoms with E-state index in [4.69, 9.17) is 16.6 Å². The molecule has 0 radical (unpaired) electrons. The van der Waals surface area contributed by atoms with Crippen LogP contribution in [0, 0.1) is 13.8 Å². The Balaban J connectivity index is 1.49. The number of H-pyrrole nitrogens is 1. The molecule has 0 bridgehead atoms. The number of pyridine rings is 1. The van der Waals surface area contributed by atoms with Crippen molar-refractivity contribution < 1.29 is 13.2 Å². The van der Waals surface area contributed by atoms with Crippen molar-refractivity contribution in [2.45, 2.75) is 45.6 Å². The number of fused-ring (bicyclic) bond motifs is 1. The van der Waals surface area contributed by atoms with Crippen molar-refractivity contribution in [1.29, 1.82) is 0 Å². The predicted octanol–water partition coefficient (Wildman–Crippen LogP) is 3.57. The fourth-order valence-electron chi connectivity index (χ4n) is 5.43. The van der Waals surface area contributed by atoms with Gasteiger partial charge in [0.05, 0.1) is 34.6 Å². The maximum atomic E-state index is 13.6. The van der Waals surface area contributed by atoms with Crippen LogP contribution in [0.4, 0.5) is 11.6 Å². The lowest BCUT2D eigenvalue weighted by molar-refractivity contribution is 0.0977. The zero-order chi connectivity index (χ0) is 30.3. The molecular formula is C28H33ClN8O4S. The van der Waals surface area contributed by atoms with Crippen LogP contribution in [-0.2, 0) is 17.1 Å². The third-order valence-corrected chi connectivity index (χ3v) is 8.21. The van der Waals surface area contributed by atoms with Crippen LogP contribution in [0.25, 0.3) is 10.9 Å². The fourth-order valence-corrected chi connectivity index (χ4v) is 6.01. The minimum atomic E-state index is -3.83. The molecule has 4 heterocycles. The average molecular weight is 613 g/mol. The number of halogens is 1. The molecule has 1 aromatic carbocycles. The molecule has 0 saturated carbocycles. The van der Waals surface area contributed by atoms with E-state index in [1.807, 2.05) is 37.6 Å².